The summed E-state index contributed by atoms with van der Waals surface area (Å²) < 4.78 is 7.30. The summed E-state index contributed by atoms with van der Waals surface area (Å²) in [5, 5.41) is 7.31. The first-order valence-electron chi connectivity index (χ1n) is 8.49. The minimum Gasteiger partial charge on any atom is -0.481 e. The van der Waals surface area contributed by atoms with Crippen LogP contribution >= 0.6 is 0 Å². The predicted molar refractivity (Wildman–Crippen MR) is 101 cm³/mol. The quantitative estimate of drug-likeness (QED) is 0.592. The fraction of sp³-hybridized carbons (Fsp3) is 0.100. The molecule has 0 aliphatic carbocycles. The zero-order chi connectivity index (χ0) is 18.6. The van der Waals surface area contributed by atoms with E-state index in [2.05, 4.69) is 20.4 Å². The normalized spacial score (nSPS) is 11.9. The molecule has 7 heteroatoms. The van der Waals surface area contributed by atoms with E-state index in [1.807, 2.05) is 42.5 Å². The molecule has 3 aromatic heterocycles. The van der Waals surface area contributed by atoms with Crippen LogP contribution in [0.1, 0.15) is 6.92 Å². The molecule has 0 saturated heterocycles. The Bertz CT molecular complexity index is 1060. The molecular weight excluding hydrogens is 342 g/mol. The van der Waals surface area contributed by atoms with Crippen molar-refractivity contribution < 1.29 is 9.53 Å². The van der Waals surface area contributed by atoms with Gasteiger partial charge in [-0.15, -0.1) is 5.10 Å². The second-order valence-electron chi connectivity index (χ2n) is 5.93. The number of ether oxygens (including phenoxy) is 1. The van der Waals surface area contributed by atoms with Crippen LogP contribution in [-0.2, 0) is 4.79 Å². The van der Waals surface area contributed by atoms with Gasteiger partial charge in [0, 0.05) is 24.2 Å². The van der Waals surface area contributed by atoms with E-state index in [9.17, 15) is 4.79 Å². The molecule has 0 spiro atoms. The van der Waals surface area contributed by atoms with Crippen LogP contribution in [0, 0.1) is 0 Å². The fourth-order valence-electron chi connectivity index (χ4n) is 2.61. The summed E-state index contributed by atoms with van der Waals surface area (Å²) in [6.07, 6.45) is 4.51. The molecule has 1 N–H and O–H groups in total. The van der Waals surface area contributed by atoms with Crippen molar-refractivity contribution >= 4 is 17.2 Å². The number of rotatable bonds is 5. The zero-order valence-corrected chi connectivity index (χ0v) is 14.6. The highest BCUT2D eigenvalue weighted by Gasteiger charge is 2.17. The number of pyridine rings is 2. The van der Waals surface area contributed by atoms with Crippen molar-refractivity contribution in [2.45, 2.75) is 13.0 Å². The Balaban J connectivity index is 1.56. The number of benzene rings is 1. The van der Waals surface area contributed by atoms with Crippen LogP contribution in [0.25, 0.3) is 17.0 Å². The molecule has 4 aromatic rings. The topological polar surface area (TPSA) is 81.4 Å². The molecule has 1 aromatic carbocycles. The third kappa shape index (κ3) is 3.62. The van der Waals surface area contributed by atoms with Crippen molar-refractivity contribution in [2.24, 2.45) is 0 Å². The molecule has 134 valence electrons. The van der Waals surface area contributed by atoms with Crippen LogP contribution in [0.15, 0.2) is 73.2 Å². The minimum absolute atomic E-state index is 0.266. The van der Waals surface area contributed by atoms with Crippen LogP contribution in [0.5, 0.6) is 5.75 Å². The van der Waals surface area contributed by atoms with Gasteiger partial charge in [0.1, 0.15) is 5.75 Å². The van der Waals surface area contributed by atoms with E-state index in [-0.39, 0.29) is 5.91 Å². The Morgan fingerprint density at radius 1 is 1.11 bits per heavy atom. The van der Waals surface area contributed by atoms with Crippen molar-refractivity contribution in [3.63, 3.8) is 0 Å². The van der Waals surface area contributed by atoms with Gasteiger partial charge >= 0.3 is 0 Å². The molecule has 1 amide bonds. The lowest BCUT2D eigenvalue weighted by Crippen LogP contribution is -2.30. The molecule has 0 radical (unpaired) electrons. The van der Waals surface area contributed by atoms with Gasteiger partial charge in [-0.3, -0.25) is 9.78 Å². The Labute approximate surface area is 155 Å². The van der Waals surface area contributed by atoms with Gasteiger partial charge in [0.2, 0.25) is 0 Å². The molecule has 1 atom stereocenters. The van der Waals surface area contributed by atoms with Gasteiger partial charge in [-0.05, 0) is 43.3 Å². The SMILES string of the molecule is CC(Oc1ccccc1)C(=O)Nc1cccn2nc(-c3cccnc3)nc12. The van der Waals surface area contributed by atoms with E-state index < -0.39 is 6.10 Å². The highest BCUT2D eigenvalue weighted by Crippen LogP contribution is 2.20. The molecule has 7 nitrogen and oxygen atoms in total. The van der Waals surface area contributed by atoms with Gasteiger partial charge in [0.05, 0.1) is 5.69 Å². The number of aromatic nitrogens is 4. The zero-order valence-electron chi connectivity index (χ0n) is 14.6. The number of amides is 1. The number of carbonyl (C=O) groups is 1. The smallest absolute Gasteiger partial charge is 0.265 e. The van der Waals surface area contributed by atoms with Gasteiger partial charge in [-0.25, -0.2) is 9.50 Å². The third-order valence-electron chi connectivity index (χ3n) is 3.97. The minimum atomic E-state index is -0.659. The Hall–Kier alpha value is -3.74. The van der Waals surface area contributed by atoms with Crippen molar-refractivity contribution in [1.82, 2.24) is 19.6 Å². The summed E-state index contributed by atoms with van der Waals surface area (Å²) in [5.74, 6) is 0.913. The summed E-state index contributed by atoms with van der Waals surface area (Å²) in [4.78, 5) is 21.2. The second kappa shape index (κ2) is 7.25. The lowest BCUT2D eigenvalue weighted by molar-refractivity contribution is -0.122. The molecule has 0 aliphatic rings. The van der Waals surface area contributed by atoms with Crippen molar-refractivity contribution in [3.05, 3.63) is 73.2 Å². The number of nitrogens with zero attached hydrogens (tertiary/aromatic N) is 4. The second-order valence-corrected chi connectivity index (χ2v) is 5.93. The highest BCUT2D eigenvalue weighted by atomic mass is 16.5. The van der Waals surface area contributed by atoms with Gasteiger partial charge in [-0.2, -0.15) is 0 Å². The first kappa shape index (κ1) is 16.7. The standard InChI is InChI=1S/C20H17N5O2/c1-14(27-16-8-3-2-4-9-16)20(26)22-17-10-6-12-25-19(17)23-18(24-25)15-7-5-11-21-13-15/h2-14H,1H3,(H,22,26). The molecule has 0 saturated carbocycles. The Morgan fingerprint density at radius 3 is 2.74 bits per heavy atom. The average Bonchev–Trinajstić information content (AvgIpc) is 3.15. The summed E-state index contributed by atoms with van der Waals surface area (Å²) in [6.45, 7) is 1.70. The maximum Gasteiger partial charge on any atom is 0.265 e. The third-order valence-corrected chi connectivity index (χ3v) is 3.97. The number of hydrogen-bond acceptors (Lipinski definition) is 5. The summed E-state index contributed by atoms with van der Waals surface area (Å²) in [5.41, 5.74) is 1.92. The summed E-state index contributed by atoms with van der Waals surface area (Å²) in [6, 6.07) is 16.5. The van der Waals surface area contributed by atoms with Gasteiger partial charge < -0.3 is 10.1 Å². The maximum atomic E-state index is 12.5. The first-order valence-corrected chi connectivity index (χ1v) is 8.49. The highest BCUT2D eigenvalue weighted by molar-refractivity contribution is 5.97. The van der Waals surface area contributed by atoms with Crippen LogP contribution in [0.2, 0.25) is 0 Å². The van der Waals surface area contributed by atoms with Crippen molar-refractivity contribution in [2.75, 3.05) is 5.32 Å². The van der Waals surface area contributed by atoms with Gasteiger partial charge in [0.25, 0.3) is 5.91 Å². The molecule has 1 unspecified atom stereocenters. The largest absolute Gasteiger partial charge is 0.481 e. The molecule has 0 fully saturated rings. The Morgan fingerprint density at radius 2 is 1.96 bits per heavy atom. The number of fused-ring (bicyclic) bond motifs is 1. The van der Waals surface area contributed by atoms with E-state index in [0.29, 0.717) is 22.9 Å². The summed E-state index contributed by atoms with van der Waals surface area (Å²) in [7, 11) is 0. The van der Waals surface area contributed by atoms with E-state index in [1.165, 1.54) is 0 Å². The van der Waals surface area contributed by atoms with E-state index in [1.54, 1.807) is 42.2 Å². The number of carbonyl (C=O) groups excluding carboxylic acids is 1. The molecule has 27 heavy (non-hydrogen) atoms. The number of hydrogen-bond donors (Lipinski definition) is 1. The monoisotopic (exact) mass is 359 g/mol. The lowest BCUT2D eigenvalue weighted by atomic mass is 10.3. The number of anilines is 1. The lowest BCUT2D eigenvalue weighted by Gasteiger charge is -2.14. The number of para-hydroxylation sites is 1. The first-order chi connectivity index (χ1) is 13.2. The van der Waals surface area contributed by atoms with E-state index in [4.69, 9.17) is 4.74 Å². The van der Waals surface area contributed by atoms with E-state index >= 15 is 0 Å². The molecule has 0 bridgehead atoms. The molecule has 3 heterocycles. The molecule has 0 aliphatic heterocycles. The van der Waals surface area contributed by atoms with Crippen LogP contribution in [-0.4, -0.2) is 31.6 Å². The van der Waals surface area contributed by atoms with Crippen LogP contribution < -0.4 is 10.1 Å². The summed E-state index contributed by atoms with van der Waals surface area (Å²) >= 11 is 0. The fourth-order valence-corrected chi connectivity index (χ4v) is 2.61. The number of nitrogens with one attached hydrogen (secondary N) is 1. The van der Waals surface area contributed by atoms with Gasteiger partial charge in [-0.1, -0.05) is 18.2 Å². The average molecular weight is 359 g/mol. The van der Waals surface area contributed by atoms with Crippen molar-refractivity contribution in [3.8, 4) is 17.1 Å². The van der Waals surface area contributed by atoms with E-state index in [0.717, 1.165) is 5.56 Å². The van der Waals surface area contributed by atoms with Crippen LogP contribution in [0.4, 0.5) is 5.69 Å². The molecular formula is C20H17N5O2. The maximum absolute atomic E-state index is 12.5. The predicted octanol–water partition coefficient (Wildman–Crippen LogP) is 3.20. The van der Waals surface area contributed by atoms with Crippen LogP contribution in [0.3, 0.4) is 0 Å². The molecule has 4 rings (SSSR count). The Kier molecular flexibility index (Phi) is 4.49. The van der Waals surface area contributed by atoms with Crippen molar-refractivity contribution in [1.29, 1.82) is 0 Å². The van der Waals surface area contributed by atoms with Gasteiger partial charge in [0.15, 0.2) is 17.6 Å².